The van der Waals surface area contributed by atoms with Crippen molar-refractivity contribution in [2.45, 2.75) is 31.7 Å². The molecule has 1 atom stereocenters. The molecule has 15 heavy (non-hydrogen) atoms. The first kappa shape index (κ1) is 11.3. The minimum Gasteiger partial charge on any atom is -0.380 e. The normalized spacial score (nSPS) is 28.4. The summed E-state index contributed by atoms with van der Waals surface area (Å²) in [5.41, 5.74) is 0. The largest absolute Gasteiger partial charge is 0.380 e. The Labute approximate surface area is 91.5 Å². The predicted octanol–water partition coefficient (Wildman–Crippen LogP) is 0.860. The van der Waals surface area contributed by atoms with Gasteiger partial charge in [-0.15, -0.1) is 0 Å². The van der Waals surface area contributed by atoms with Gasteiger partial charge in [0.1, 0.15) is 0 Å². The average molecular weight is 215 g/mol. The van der Waals surface area contributed by atoms with Gasteiger partial charge in [-0.2, -0.15) is 0 Å². The van der Waals surface area contributed by atoms with Crippen LogP contribution in [0.1, 0.15) is 19.8 Å². The van der Waals surface area contributed by atoms with Crippen molar-refractivity contribution in [3.05, 3.63) is 0 Å². The minimum absolute atomic E-state index is 0.243. The summed E-state index contributed by atoms with van der Waals surface area (Å²) in [5.74, 6) is -0.243. The highest BCUT2D eigenvalue weighted by Crippen LogP contribution is 2.31. The number of hydrogen-bond donors (Lipinski definition) is 0. The van der Waals surface area contributed by atoms with Gasteiger partial charge in [-0.3, -0.25) is 0 Å². The van der Waals surface area contributed by atoms with Crippen LogP contribution in [0.2, 0.25) is 0 Å². The zero-order valence-corrected chi connectivity index (χ0v) is 9.70. The van der Waals surface area contributed by atoms with Gasteiger partial charge in [-0.25, -0.2) is 0 Å². The lowest BCUT2D eigenvalue weighted by molar-refractivity contribution is -0.186. The molecule has 1 unspecified atom stereocenters. The molecule has 4 nitrogen and oxygen atoms in total. The summed E-state index contributed by atoms with van der Waals surface area (Å²) in [5, 5.41) is 0. The van der Waals surface area contributed by atoms with Crippen molar-refractivity contribution in [1.29, 1.82) is 0 Å². The van der Waals surface area contributed by atoms with Crippen LogP contribution in [0, 0.1) is 0 Å². The van der Waals surface area contributed by atoms with Crippen molar-refractivity contribution in [3.63, 3.8) is 0 Å². The van der Waals surface area contributed by atoms with Gasteiger partial charge in [0, 0.05) is 39.6 Å². The van der Waals surface area contributed by atoms with Crippen molar-refractivity contribution < 1.29 is 14.2 Å². The standard InChI is InChI=1S/C11H21NO3/c1-10(13-2)9-12-5-3-11(4-6-12)14-7-8-15-11/h10H,3-9H2,1-2H3. The van der Waals surface area contributed by atoms with E-state index in [1.165, 1.54) is 0 Å². The fourth-order valence-corrected chi connectivity index (χ4v) is 2.30. The molecule has 0 aromatic carbocycles. The Morgan fingerprint density at radius 2 is 1.87 bits per heavy atom. The summed E-state index contributed by atoms with van der Waals surface area (Å²) in [6, 6.07) is 0. The van der Waals surface area contributed by atoms with Crippen LogP contribution in [0.25, 0.3) is 0 Å². The fraction of sp³-hybridized carbons (Fsp3) is 1.00. The molecule has 0 saturated carbocycles. The Morgan fingerprint density at radius 3 is 2.40 bits per heavy atom. The number of rotatable bonds is 3. The van der Waals surface area contributed by atoms with Crippen LogP contribution in [-0.4, -0.2) is 56.7 Å². The molecule has 4 heteroatoms. The molecule has 2 fully saturated rings. The number of likely N-dealkylation sites (tertiary alicyclic amines) is 1. The quantitative estimate of drug-likeness (QED) is 0.698. The number of methoxy groups -OCH3 is 1. The van der Waals surface area contributed by atoms with Gasteiger partial charge in [-0.1, -0.05) is 0 Å². The topological polar surface area (TPSA) is 30.9 Å². The Kier molecular flexibility index (Phi) is 3.61. The second-order valence-electron chi connectivity index (χ2n) is 4.45. The number of hydrogen-bond acceptors (Lipinski definition) is 4. The number of nitrogens with zero attached hydrogens (tertiary/aromatic N) is 1. The SMILES string of the molecule is COC(C)CN1CCC2(CC1)OCCO2. The van der Waals surface area contributed by atoms with E-state index in [1.807, 2.05) is 0 Å². The molecule has 0 amide bonds. The summed E-state index contributed by atoms with van der Waals surface area (Å²) < 4.78 is 16.6. The zero-order valence-electron chi connectivity index (χ0n) is 9.70. The molecule has 0 radical (unpaired) electrons. The van der Waals surface area contributed by atoms with Gasteiger partial charge in [0.25, 0.3) is 0 Å². The van der Waals surface area contributed by atoms with Gasteiger partial charge in [0.15, 0.2) is 5.79 Å². The number of ether oxygens (including phenoxy) is 3. The first-order valence-electron chi connectivity index (χ1n) is 5.77. The van der Waals surface area contributed by atoms with Crippen LogP contribution in [0.4, 0.5) is 0 Å². The molecular formula is C11H21NO3. The lowest BCUT2D eigenvalue weighted by Crippen LogP contribution is -2.47. The second kappa shape index (κ2) is 4.78. The lowest BCUT2D eigenvalue weighted by atomic mass is 10.0. The van der Waals surface area contributed by atoms with Crippen LogP contribution in [0.5, 0.6) is 0 Å². The van der Waals surface area contributed by atoms with E-state index in [2.05, 4.69) is 11.8 Å². The Bertz CT molecular complexity index is 194. The van der Waals surface area contributed by atoms with E-state index in [0.29, 0.717) is 6.10 Å². The third kappa shape index (κ3) is 2.69. The van der Waals surface area contributed by atoms with E-state index in [4.69, 9.17) is 14.2 Å². The lowest BCUT2D eigenvalue weighted by Gasteiger charge is -2.38. The predicted molar refractivity (Wildman–Crippen MR) is 56.8 cm³/mol. The van der Waals surface area contributed by atoms with Crippen molar-refractivity contribution in [1.82, 2.24) is 4.90 Å². The summed E-state index contributed by atoms with van der Waals surface area (Å²) in [6.07, 6.45) is 2.29. The van der Waals surface area contributed by atoms with Crippen molar-refractivity contribution in [2.24, 2.45) is 0 Å². The highest BCUT2D eigenvalue weighted by atomic mass is 16.7. The molecule has 0 aromatic heterocycles. The summed E-state index contributed by atoms with van der Waals surface area (Å²) >= 11 is 0. The van der Waals surface area contributed by atoms with Gasteiger partial charge in [-0.05, 0) is 6.92 Å². The van der Waals surface area contributed by atoms with E-state index in [-0.39, 0.29) is 5.79 Å². The minimum atomic E-state index is -0.243. The summed E-state index contributed by atoms with van der Waals surface area (Å²) in [7, 11) is 1.76. The van der Waals surface area contributed by atoms with Crippen molar-refractivity contribution >= 4 is 0 Å². The Morgan fingerprint density at radius 1 is 1.27 bits per heavy atom. The monoisotopic (exact) mass is 215 g/mol. The summed E-state index contributed by atoms with van der Waals surface area (Å²) in [6.45, 7) is 6.73. The average Bonchev–Trinajstić information content (AvgIpc) is 2.70. The van der Waals surface area contributed by atoms with Crippen LogP contribution < -0.4 is 0 Å². The molecule has 0 N–H and O–H groups in total. The van der Waals surface area contributed by atoms with Crippen molar-refractivity contribution in [3.8, 4) is 0 Å². The van der Waals surface area contributed by atoms with Gasteiger partial charge in [0.2, 0.25) is 0 Å². The van der Waals surface area contributed by atoms with E-state index >= 15 is 0 Å². The van der Waals surface area contributed by atoms with Gasteiger partial charge < -0.3 is 19.1 Å². The molecule has 2 heterocycles. The second-order valence-corrected chi connectivity index (χ2v) is 4.45. The van der Waals surface area contributed by atoms with Crippen LogP contribution >= 0.6 is 0 Å². The first-order chi connectivity index (χ1) is 7.24. The van der Waals surface area contributed by atoms with E-state index < -0.39 is 0 Å². The maximum atomic E-state index is 5.68. The van der Waals surface area contributed by atoms with E-state index in [9.17, 15) is 0 Å². The Hall–Kier alpha value is -0.160. The third-order valence-electron chi connectivity index (χ3n) is 3.35. The highest BCUT2D eigenvalue weighted by Gasteiger charge is 2.39. The molecular weight excluding hydrogens is 194 g/mol. The van der Waals surface area contributed by atoms with Crippen LogP contribution in [0.15, 0.2) is 0 Å². The molecule has 0 bridgehead atoms. The fourth-order valence-electron chi connectivity index (χ4n) is 2.30. The number of piperidine rings is 1. The van der Waals surface area contributed by atoms with E-state index in [1.54, 1.807) is 7.11 Å². The zero-order chi connectivity index (χ0) is 10.7. The third-order valence-corrected chi connectivity index (χ3v) is 3.35. The van der Waals surface area contributed by atoms with Gasteiger partial charge >= 0.3 is 0 Å². The molecule has 1 spiro atoms. The molecule has 2 rings (SSSR count). The molecule has 2 aliphatic heterocycles. The molecule has 88 valence electrons. The molecule has 2 aliphatic rings. The molecule has 2 saturated heterocycles. The van der Waals surface area contributed by atoms with Crippen LogP contribution in [-0.2, 0) is 14.2 Å². The van der Waals surface area contributed by atoms with Crippen LogP contribution in [0.3, 0.4) is 0 Å². The summed E-state index contributed by atoms with van der Waals surface area (Å²) in [4.78, 5) is 2.42. The van der Waals surface area contributed by atoms with Gasteiger partial charge in [0.05, 0.1) is 19.3 Å². The first-order valence-corrected chi connectivity index (χ1v) is 5.77. The highest BCUT2D eigenvalue weighted by molar-refractivity contribution is 4.83. The molecule has 0 aliphatic carbocycles. The maximum Gasteiger partial charge on any atom is 0.170 e. The van der Waals surface area contributed by atoms with E-state index in [0.717, 1.165) is 45.7 Å². The Balaban J connectivity index is 1.76. The molecule has 0 aromatic rings. The smallest absolute Gasteiger partial charge is 0.170 e. The maximum absolute atomic E-state index is 5.68. The van der Waals surface area contributed by atoms with Crippen molar-refractivity contribution in [2.75, 3.05) is 40.0 Å².